The van der Waals surface area contributed by atoms with E-state index in [1.807, 2.05) is 24.3 Å². The van der Waals surface area contributed by atoms with E-state index in [2.05, 4.69) is 18.9 Å². The Balaban J connectivity index is 2.11. The fourth-order valence-electron chi connectivity index (χ4n) is 1.94. The fraction of sp³-hybridized carbons (Fsp3) is 0.250. The topological polar surface area (TPSA) is 38.3 Å². The first kappa shape index (κ1) is 17.2. The minimum atomic E-state index is -3.09. The highest BCUT2D eigenvalue weighted by Crippen LogP contribution is 2.45. The molecule has 2 rings (SSSR count). The molecule has 2 aromatic rings. The van der Waals surface area contributed by atoms with Gasteiger partial charge in [-0.2, -0.15) is 0 Å². The van der Waals surface area contributed by atoms with Crippen molar-refractivity contribution in [2.24, 2.45) is 0 Å². The number of hydrogen-bond donors (Lipinski definition) is 1. The molecule has 3 nitrogen and oxygen atoms in total. The minimum absolute atomic E-state index is 0.397. The van der Waals surface area contributed by atoms with Gasteiger partial charge in [-0.15, -0.1) is 0 Å². The first-order valence-corrected chi connectivity index (χ1v) is 9.70. The Morgan fingerprint density at radius 3 is 2.27 bits per heavy atom. The van der Waals surface area contributed by atoms with Gasteiger partial charge in [-0.25, -0.2) is 0 Å². The van der Waals surface area contributed by atoms with Gasteiger partial charge >= 0.3 is 7.52 Å². The van der Waals surface area contributed by atoms with Crippen LogP contribution in [-0.4, -0.2) is 6.66 Å². The maximum atomic E-state index is 12.6. The third-order valence-corrected chi connectivity index (χ3v) is 4.84. The van der Waals surface area contributed by atoms with E-state index in [0.717, 1.165) is 0 Å². The average molecular weight is 358 g/mol. The first-order valence-electron chi connectivity index (χ1n) is 6.87. The van der Waals surface area contributed by atoms with E-state index in [4.69, 9.17) is 27.7 Å². The highest BCUT2D eigenvalue weighted by Gasteiger charge is 2.19. The van der Waals surface area contributed by atoms with E-state index >= 15 is 0 Å². The van der Waals surface area contributed by atoms with Crippen LogP contribution in [0.15, 0.2) is 42.5 Å². The monoisotopic (exact) mass is 357 g/mol. The lowest BCUT2D eigenvalue weighted by atomic mass is 10.0. The van der Waals surface area contributed by atoms with E-state index in [1.54, 1.807) is 18.2 Å². The summed E-state index contributed by atoms with van der Waals surface area (Å²) in [7, 11) is -3.09. The lowest BCUT2D eigenvalue weighted by Gasteiger charge is -2.18. The van der Waals surface area contributed by atoms with Crippen LogP contribution in [0.3, 0.4) is 0 Å². The molecule has 2 aromatic carbocycles. The van der Waals surface area contributed by atoms with E-state index in [0.29, 0.717) is 27.4 Å². The summed E-state index contributed by atoms with van der Waals surface area (Å²) >= 11 is 11.9. The second-order valence-corrected chi connectivity index (χ2v) is 8.34. The summed E-state index contributed by atoms with van der Waals surface area (Å²) in [5.41, 5.74) is 1.72. The number of hydrogen-bond acceptors (Lipinski definition) is 2. The standard InChI is InChI=1S/C16H18Cl2NO2P/c1-11(2)12-4-7-14(8-5-12)21-22(3,20)19-16-9-6-13(17)10-15(16)18/h4-11H,1-3H3,(H,19,20)/t22-/m0/s1. The summed E-state index contributed by atoms with van der Waals surface area (Å²) in [4.78, 5) is 0. The Morgan fingerprint density at radius 2 is 1.73 bits per heavy atom. The number of anilines is 1. The maximum absolute atomic E-state index is 12.6. The number of nitrogens with one attached hydrogen (secondary N) is 1. The van der Waals surface area contributed by atoms with Crippen molar-refractivity contribution >= 4 is 36.4 Å². The maximum Gasteiger partial charge on any atom is 0.338 e. The first-order chi connectivity index (χ1) is 10.3. The number of benzene rings is 2. The largest absolute Gasteiger partial charge is 0.429 e. The molecule has 0 radical (unpaired) electrons. The van der Waals surface area contributed by atoms with Gasteiger partial charge in [0.15, 0.2) is 0 Å². The molecule has 0 aliphatic heterocycles. The van der Waals surface area contributed by atoms with Crippen LogP contribution >= 0.6 is 30.7 Å². The number of rotatable bonds is 5. The van der Waals surface area contributed by atoms with E-state index in [1.165, 1.54) is 12.2 Å². The van der Waals surface area contributed by atoms with Gasteiger partial charge in [0, 0.05) is 11.7 Å². The Hall–Kier alpha value is -1.15. The number of halogens is 2. The quantitative estimate of drug-likeness (QED) is 0.626. The molecule has 0 fully saturated rings. The molecule has 6 heteroatoms. The van der Waals surface area contributed by atoms with Gasteiger partial charge in [0.25, 0.3) is 0 Å². The SMILES string of the molecule is CC(C)c1ccc(O[P@](C)(=O)Nc2ccc(Cl)cc2Cl)cc1. The zero-order chi connectivity index (χ0) is 16.3. The average Bonchev–Trinajstić information content (AvgIpc) is 2.42. The molecular weight excluding hydrogens is 340 g/mol. The molecule has 0 amide bonds. The van der Waals surface area contributed by atoms with Gasteiger partial charge in [-0.05, 0) is 41.8 Å². The van der Waals surface area contributed by atoms with Gasteiger partial charge in [0.1, 0.15) is 5.75 Å². The molecule has 0 heterocycles. The van der Waals surface area contributed by atoms with E-state index in [-0.39, 0.29) is 0 Å². The van der Waals surface area contributed by atoms with Crippen molar-refractivity contribution in [2.75, 3.05) is 11.8 Å². The van der Waals surface area contributed by atoms with Gasteiger partial charge in [-0.3, -0.25) is 4.57 Å². The molecule has 1 atom stereocenters. The molecular formula is C16H18Cl2NO2P. The zero-order valence-electron chi connectivity index (χ0n) is 12.6. The summed E-state index contributed by atoms with van der Waals surface area (Å²) in [5.74, 6) is 0.987. The third kappa shape index (κ3) is 4.67. The van der Waals surface area contributed by atoms with E-state index < -0.39 is 7.52 Å². The normalized spacial score (nSPS) is 13.7. The predicted molar refractivity (Wildman–Crippen MR) is 94.8 cm³/mol. The third-order valence-electron chi connectivity index (χ3n) is 3.08. The summed E-state index contributed by atoms with van der Waals surface area (Å²) < 4.78 is 18.2. The molecule has 0 aliphatic carbocycles. The molecule has 0 bridgehead atoms. The Kier molecular flexibility index (Phi) is 5.44. The van der Waals surface area contributed by atoms with Crippen LogP contribution in [0.5, 0.6) is 5.75 Å². The summed E-state index contributed by atoms with van der Waals surface area (Å²) in [6.45, 7) is 5.74. The van der Waals surface area contributed by atoms with Crippen molar-refractivity contribution in [1.29, 1.82) is 0 Å². The van der Waals surface area contributed by atoms with Crippen molar-refractivity contribution in [3.8, 4) is 5.75 Å². The van der Waals surface area contributed by atoms with Crippen molar-refractivity contribution in [3.63, 3.8) is 0 Å². The van der Waals surface area contributed by atoms with Crippen LogP contribution in [0.1, 0.15) is 25.3 Å². The van der Waals surface area contributed by atoms with Crippen molar-refractivity contribution in [1.82, 2.24) is 0 Å². The minimum Gasteiger partial charge on any atom is -0.429 e. The van der Waals surface area contributed by atoms with Crippen LogP contribution in [0.4, 0.5) is 5.69 Å². The van der Waals surface area contributed by atoms with Gasteiger partial charge in [0.2, 0.25) is 0 Å². The highest BCUT2D eigenvalue weighted by atomic mass is 35.5. The Bertz CT molecular complexity index is 702. The van der Waals surface area contributed by atoms with Gasteiger partial charge in [0.05, 0.1) is 10.7 Å². The van der Waals surface area contributed by atoms with Crippen molar-refractivity contribution < 1.29 is 9.09 Å². The summed E-state index contributed by atoms with van der Waals surface area (Å²) in [5, 5.41) is 3.76. The predicted octanol–water partition coefficient (Wildman–Crippen LogP) is 6.43. The zero-order valence-corrected chi connectivity index (χ0v) is 15.0. The van der Waals surface area contributed by atoms with Gasteiger partial charge in [-0.1, -0.05) is 49.2 Å². The summed E-state index contributed by atoms with van der Waals surface area (Å²) in [6.07, 6.45) is 0. The lowest BCUT2D eigenvalue weighted by Crippen LogP contribution is -2.02. The molecule has 118 valence electrons. The molecule has 1 N–H and O–H groups in total. The molecule has 0 saturated heterocycles. The highest BCUT2D eigenvalue weighted by molar-refractivity contribution is 7.60. The van der Waals surface area contributed by atoms with Crippen LogP contribution in [0.25, 0.3) is 0 Å². The van der Waals surface area contributed by atoms with Crippen LogP contribution in [0.2, 0.25) is 10.0 Å². The molecule has 0 aliphatic rings. The van der Waals surface area contributed by atoms with Crippen LogP contribution in [0, 0.1) is 0 Å². The molecule has 0 aromatic heterocycles. The van der Waals surface area contributed by atoms with Gasteiger partial charge < -0.3 is 9.61 Å². The Labute approximate surface area is 141 Å². The second-order valence-electron chi connectivity index (χ2n) is 5.40. The molecule has 0 saturated carbocycles. The van der Waals surface area contributed by atoms with Crippen molar-refractivity contribution in [2.45, 2.75) is 19.8 Å². The fourth-order valence-corrected chi connectivity index (χ4v) is 3.66. The van der Waals surface area contributed by atoms with Crippen molar-refractivity contribution in [3.05, 3.63) is 58.1 Å². The summed E-state index contributed by atoms with van der Waals surface area (Å²) in [6, 6.07) is 12.5. The molecule has 0 spiro atoms. The molecule has 22 heavy (non-hydrogen) atoms. The van der Waals surface area contributed by atoms with Crippen LogP contribution in [-0.2, 0) is 4.57 Å². The second kappa shape index (κ2) is 6.95. The molecule has 0 unspecified atom stereocenters. The lowest BCUT2D eigenvalue weighted by molar-refractivity contribution is 0.493. The van der Waals surface area contributed by atoms with Crippen LogP contribution < -0.4 is 9.61 Å². The van der Waals surface area contributed by atoms with E-state index in [9.17, 15) is 4.57 Å². The smallest absolute Gasteiger partial charge is 0.338 e. The Morgan fingerprint density at radius 1 is 1.09 bits per heavy atom.